The van der Waals surface area contributed by atoms with E-state index in [2.05, 4.69) is 20.6 Å². The van der Waals surface area contributed by atoms with Crippen LogP contribution < -0.4 is 10.6 Å². The number of hydrogen-bond donors (Lipinski definition) is 4. The molecule has 1 atom stereocenters. The van der Waals surface area contributed by atoms with Gasteiger partial charge in [-0.1, -0.05) is 18.2 Å². The first kappa shape index (κ1) is 18.4. The van der Waals surface area contributed by atoms with Crippen molar-refractivity contribution in [1.82, 2.24) is 20.6 Å². The van der Waals surface area contributed by atoms with Crippen molar-refractivity contribution in [3.63, 3.8) is 0 Å². The number of pyridine rings is 1. The Morgan fingerprint density at radius 2 is 1.93 bits per heavy atom. The van der Waals surface area contributed by atoms with Crippen molar-refractivity contribution >= 4 is 22.9 Å². The van der Waals surface area contributed by atoms with Crippen molar-refractivity contribution in [1.29, 1.82) is 0 Å². The monoisotopic (exact) mass is 366 g/mol. The lowest BCUT2D eigenvalue weighted by atomic mass is 9.91. The molecular formula is C20H22N4O3. The molecule has 4 N–H and O–H groups in total. The van der Waals surface area contributed by atoms with E-state index in [-0.39, 0.29) is 12.3 Å². The van der Waals surface area contributed by atoms with Gasteiger partial charge in [-0.2, -0.15) is 0 Å². The molecule has 0 spiro atoms. The summed E-state index contributed by atoms with van der Waals surface area (Å²) in [7, 11) is 0. The Morgan fingerprint density at radius 1 is 1.19 bits per heavy atom. The average molecular weight is 366 g/mol. The molecule has 7 nitrogen and oxygen atoms in total. The number of hydrogen-bond acceptors (Lipinski definition) is 3. The van der Waals surface area contributed by atoms with E-state index >= 15 is 0 Å². The summed E-state index contributed by atoms with van der Waals surface area (Å²) < 4.78 is 0. The lowest BCUT2D eigenvalue weighted by Gasteiger charge is -2.28. The fraction of sp³-hybridized carbons (Fsp3) is 0.250. The smallest absolute Gasteiger partial charge is 0.405 e. The lowest BCUT2D eigenvalue weighted by molar-refractivity contribution is -0.126. The number of benzene rings is 1. The van der Waals surface area contributed by atoms with Crippen LogP contribution in [0.2, 0.25) is 0 Å². The highest BCUT2D eigenvalue weighted by Crippen LogP contribution is 2.23. The highest BCUT2D eigenvalue weighted by molar-refractivity contribution is 5.91. The number of para-hydroxylation sites is 1. The first-order valence-electron chi connectivity index (χ1n) is 8.71. The van der Waals surface area contributed by atoms with Crippen molar-refractivity contribution in [2.45, 2.75) is 25.3 Å². The zero-order valence-corrected chi connectivity index (χ0v) is 15.0. The Bertz CT molecular complexity index is 939. The molecule has 27 heavy (non-hydrogen) atoms. The fourth-order valence-corrected chi connectivity index (χ4v) is 3.14. The van der Waals surface area contributed by atoms with E-state index in [1.807, 2.05) is 42.6 Å². The summed E-state index contributed by atoms with van der Waals surface area (Å²) in [5.41, 5.74) is 1.60. The largest absolute Gasteiger partial charge is 0.465 e. The van der Waals surface area contributed by atoms with Crippen molar-refractivity contribution in [3.05, 3.63) is 66.1 Å². The van der Waals surface area contributed by atoms with Crippen molar-refractivity contribution in [3.8, 4) is 0 Å². The van der Waals surface area contributed by atoms with Gasteiger partial charge in [0.05, 0.1) is 0 Å². The van der Waals surface area contributed by atoms with Gasteiger partial charge in [0.15, 0.2) is 0 Å². The van der Waals surface area contributed by atoms with Gasteiger partial charge in [-0.25, -0.2) is 4.79 Å². The van der Waals surface area contributed by atoms with Crippen LogP contribution in [0.25, 0.3) is 10.9 Å². The topological polar surface area (TPSA) is 107 Å². The van der Waals surface area contributed by atoms with E-state index in [0.717, 1.165) is 22.0 Å². The van der Waals surface area contributed by atoms with Crippen molar-refractivity contribution < 1.29 is 14.7 Å². The number of H-pyrrole nitrogens is 1. The van der Waals surface area contributed by atoms with Gasteiger partial charge in [0.2, 0.25) is 5.91 Å². The zero-order valence-electron chi connectivity index (χ0n) is 15.0. The molecule has 0 saturated heterocycles. The van der Waals surface area contributed by atoms with Crippen molar-refractivity contribution in [2.75, 3.05) is 6.54 Å². The Hall–Kier alpha value is -3.35. The van der Waals surface area contributed by atoms with Crippen LogP contribution in [0.15, 0.2) is 55.0 Å². The Morgan fingerprint density at radius 3 is 2.67 bits per heavy atom. The van der Waals surface area contributed by atoms with Gasteiger partial charge in [-0.05, 0) is 42.7 Å². The number of rotatable bonds is 7. The number of carbonyl (C=O) groups is 2. The van der Waals surface area contributed by atoms with E-state index in [4.69, 9.17) is 0 Å². The van der Waals surface area contributed by atoms with E-state index in [1.165, 1.54) is 0 Å². The summed E-state index contributed by atoms with van der Waals surface area (Å²) in [5.74, 6) is -0.357. The number of amides is 2. The molecule has 140 valence electrons. The SMILES string of the molecule is CC(Cc1c[nH]c2ccccc12)(NC(=O)O)C(=O)NCCc1ccncc1. The quantitative estimate of drug-likeness (QED) is 0.515. The maximum atomic E-state index is 12.8. The molecule has 0 bridgehead atoms. The third-order valence-electron chi connectivity index (χ3n) is 4.55. The Kier molecular flexibility index (Phi) is 5.40. The van der Waals surface area contributed by atoms with Crippen LogP contribution >= 0.6 is 0 Å². The first-order chi connectivity index (χ1) is 13.0. The molecular weight excluding hydrogens is 344 g/mol. The average Bonchev–Trinajstić information content (AvgIpc) is 3.04. The summed E-state index contributed by atoms with van der Waals surface area (Å²) >= 11 is 0. The number of carboxylic acid groups (broad SMARTS) is 1. The molecule has 3 aromatic rings. The summed E-state index contributed by atoms with van der Waals surface area (Å²) in [6, 6.07) is 11.5. The number of carbonyl (C=O) groups excluding carboxylic acids is 1. The van der Waals surface area contributed by atoms with Crippen molar-refractivity contribution in [2.24, 2.45) is 0 Å². The van der Waals surface area contributed by atoms with E-state index < -0.39 is 11.6 Å². The minimum atomic E-state index is -1.28. The molecule has 0 aliphatic heterocycles. The van der Waals surface area contributed by atoms with Gasteiger partial charge >= 0.3 is 6.09 Å². The molecule has 0 aliphatic rings. The summed E-state index contributed by atoms with van der Waals surface area (Å²) in [4.78, 5) is 31.2. The Balaban J connectivity index is 1.73. The van der Waals surface area contributed by atoms with E-state index in [9.17, 15) is 14.7 Å². The highest BCUT2D eigenvalue weighted by atomic mass is 16.4. The van der Waals surface area contributed by atoms with Gasteiger partial charge in [0.1, 0.15) is 5.54 Å². The minimum absolute atomic E-state index is 0.240. The van der Waals surface area contributed by atoms with Gasteiger partial charge in [0.25, 0.3) is 0 Å². The van der Waals surface area contributed by atoms with Crippen LogP contribution in [0, 0.1) is 0 Å². The number of aromatic nitrogens is 2. The molecule has 2 amide bonds. The number of aromatic amines is 1. The van der Waals surface area contributed by atoms with Crippen LogP contribution in [-0.4, -0.2) is 39.2 Å². The van der Waals surface area contributed by atoms with Crippen LogP contribution in [0.3, 0.4) is 0 Å². The molecule has 0 aliphatic carbocycles. The van der Waals surface area contributed by atoms with E-state index in [1.54, 1.807) is 19.3 Å². The molecule has 2 heterocycles. The first-order valence-corrected chi connectivity index (χ1v) is 8.71. The van der Waals surface area contributed by atoms with Crippen LogP contribution in [-0.2, 0) is 17.6 Å². The third kappa shape index (κ3) is 4.44. The summed E-state index contributed by atoms with van der Waals surface area (Å²) in [6.07, 6.45) is 4.86. The predicted octanol–water partition coefficient (Wildman–Crippen LogP) is 2.49. The van der Waals surface area contributed by atoms with Crippen LogP contribution in [0.5, 0.6) is 0 Å². The second kappa shape index (κ2) is 7.90. The fourth-order valence-electron chi connectivity index (χ4n) is 3.14. The highest BCUT2D eigenvalue weighted by Gasteiger charge is 2.35. The molecule has 3 rings (SSSR count). The second-order valence-corrected chi connectivity index (χ2v) is 6.66. The molecule has 0 radical (unpaired) electrons. The Labute approximate surface area is 156 Å². The van der Waals surface area contributed by atoms with Gasteiger partial charge < -0.3 is 20.7 Å². The maximum Gasteiger partial charge on any atom is 0.405 e. The van der Waals surface area contributed by atoms with Crippen LogP contribution in [0.4, 0.5) is 4.79 Å². The standard InChI is InChI=1S/C20H22N4O3/c1-20(24-19(26)27,12-15-13-23-17-5-3-2-4-16(15)17)18(25)22-11-8-14-6-9-21-10-7-14/h2-7,9-10,13,23-24H,8,11-12H2,1H3,(H,22,25)(H,26,27). The summed E-state index contributed by atoms with van der Waals surface area (Å²) in [5, 5.41) is 15.4. The number of fused-ring (bicyclic) bond motifs is 1. The molecule has 1 aromatic carbocycles. The lowest BCUT2D eigenvalue weighted by Crippen LogP contribution is -2.58. The second-order valence-electron chi connectivity index (χ2n) is 6.66. The number of nitrogens with one attached hydrogen (secondary N) is 3. The van der Waals surface area contributed by atoms with Crippen LogP contribution in [0.1, 0.15) is 18.1 Å². The van der Waals surface area contributed by atoms with Gasteiger partial charge in [-0.15, -0.1) is 0 Å². The molecule has 0 fully saturated rings. The third-order valence-corrected chi connectivity index (χ3v) is 4.55. The molecule has 1 unspecified atom stereocenters. The van der Waals surface area contributed by atoms with E-state index in [0.29, 0.717) is 13.0 Å². The maximum absolute atomic E-state index is 12.8. The predicted molar refractivity (Wildman–Crippen MR) is 103 cm³/mol. The number of nitrogens with zero attached hydrogens (tertiary/aromatic N) is 1. The normalized spacial score (nSPS) is 13.1. The van der Waals surface area contributed by atoms with Gasteiger partial charge in [-0.3, -0.25) is 9.78 Å². The molecule has 2 aromatic heterocycles. The minimum Gasteiger partial charge on any atom is -0.465 e. The van der Waals surface area contributed by atoms with Gasteiger partial charge in [0, 0.05) is 42.5 Å². The molecule has 0 saturated carbocycles. The zero-order chi connectivity index (χ0) is 19.3. The molecule has 7 heteroatoms. The summed E-state index contributed by atoms with van der Waals surface area (Å²) in [6.45, 7) is 2.01.